The molecule has 1 atom stereocenters. The molecule has 1 saturated carbocycles. The molecule has 1 aliphatic carbocycles. The molecular formula is C9H17NO2. The molecular weight excluding hydrogens is 154 g/mol. The second kappa shape index (κ2) is 3.73. The Morgan fingerprint density at radius 1 is 1.25 bits per heavy atom. The highest BCUT2D eigenvalue weighted by atomic mass is 16.5. The average molecular weight is 171 g/mol. The third kappa shape index (κ3) is 1.97. The highest BCUT2D eigenvalue weighted by Gasteiger charge is 2.30. The molecule has 1 saturated heterocycles. The predicted octanol–water partition coefficient (Wildman–Crippen LogP) is 0.232. The SMILES string of the molecule is OCC1CCN(C2CC2)CCO1. The minimum Gasteiger partial charge on any atom is -0.394 e. The van der Waals surface area contributed by atoms with Crippen molar-refractivity contribution >= 4 is 0 Å². The van der Waals surface area contributed by atoms with Crippen molar-refractivity contribution in [1.82, 2.24) is 4.90 Å². The van der Waals surface area contributed by atoms with E-state index in [0.29, 0.717) is 0 Å². The van der Waals surface area contributed by atoms with Gasteiger partial charge in [0.2, 0.25) is 0 Å². The van der Waals surface area contributed by atoms with Crippen LogP contribution in [0.2, 0.25) is 0 Å². The fourth-order valence-corrected chi connectivity index (χ4v) is 1.79. The van der Waals surface area contributed by atoms with Crippen molar-refractivity contribution in [2.45, 2.75) is 31.4 Å². The molecule has 1 N–H and O–H groups in total. The van der Waals surface area contributed by atoms with Crippen molar-refractivity contribution in [2.75, 3.05) is 26.3 Å². The van der Waals surface area contributed by atoms with Crippen molar-refractivity contribution in [3.63, 3.8) is 0 Å². The number of nitrogens with zero attached hydrogens (tertiary/aromatic N) is 1. The molecule has 3 heteroatoms. The Kier molecular flexibility index (Phi) is 2.63. The molecule has 1 aliphatic heterocycles. The first kappa shape index (κ1) is 8.48. The van der Waals surface area contributed by atoms with Gasteiger partial charge in [0.1, 0.15) is 0 Å². The smallest absolute Gasteiger partial charge is 0.0818 e. The number of aliphatic hydroxyl groups is 1. The van der Waals surface area contributed by atoms with E-state index in [1.165, 1.54) is 12.8 Å². The van der Waals surface area contributed by atoms with E-state index in [9.17, 15) is 0 Å². The van der Waals surface area contributed by atoms with Gasteiger partial charge in [-0.2, -0.15) is 0 Å². The van der Waals surface area contributed by atoms with Crippen LogP contribution in [0.5, 0.6) is 0 Å². The van der Waals surface area contributed by atoms with Gasteiger partial charge in [-0.25, -0.2) is 0 Å². The van der Waals surface area contributed by atoms with Crippen LogP contribution < -0.4 is 0 Å². The van der Waals surface area contributed by atoms with Gasteiger partial charge in [-0.3, -0.25) is 4.90 Å². The van der Waals surface area contributed by atoms with Crippen molar-refractivity contribution in [2.24, 2.45) is 0 Å². The van der Waals surface area contributed by atoms with Crippen LogP contribution in [0.15, 0.2) is 0 Å². The lowest BCUT2D eigenvalue weighted by molar-refractivity contribution is 0.0209. The Morgan fingerprint density at radius 2 is 2.08 bits per heavy atom. The summed E-state index contributed by atoms with van der Waals surface area (Å²) in [4.78, 5) is 2.50. The van der Waals surface area contributed by atoms with Crippen LogP contribution >= 0.6 is 0 Å². The van der Waals surface area contributed by atoms with Crippen LogP contribution in [-0.4, -0.2) is 48.5 Å². The highest BCUT2D eigenvalue weighted by molar-refractivity contribution is 4.85. The molecule has 2 aliphatic rings. The van der Waals surface area contributed by atoms with Crippen LogP contribution in [0.1, 0.15) is 19.3 Å². The summed E-state index contributed by atoms with van der Waals surface area (Å²) in [5.41, 5.74) is 0. The Hall–Kier alpha value is -0.120. The Labute approximate surface area is 73.3 Å². The van der Waals surface area contributed by atoms with Crippen LogP contribution in [0, 0.1) is 0 Å². The summed E-state index contributed by atoms with van der Waals surface area (Å²) in [7, 11) is 0. The van der Waals surface area contributed by atoms with Gasteiger partial charge in [0.25, 0.3) is 0 Å². The van der Waals surface area contributed by atoms with Gasteiger partial charge in [0, 0.05) is 19.1 Å². The molecule has 0 aromatic carbocycles. The third-order valence-corrected chi connectivity index (χ3v) is 2.74. The van der Waals surface area contributed by atoms with Gasteiger partial charge in [-0.1, -0.05) is 0 Å². The van der Waals surface area contributed by atoms with Crippen molar-refractivity contribution in [1.29, 1.82) is 0 Å². The highest BCUT2D eigenvalue weighted by Crippen LogP contribution is 2.27. The molecule has 0 aromatic rings. The fourth-order valence-electron chi connectivity index (χ4n) is 1.79. The monoisotopic (exact) mass is 171 g/mol. The van der Waals surface area contributed by atoms with Crippen LogP contribution in [0.25, 0.3) is 0 Å². The topological polar surface area (TPSA) is 32.7 Å². The number of aliphatic hydroxyl groups excluding tert-OH is 1. The fraction of sp³-hybridized carbons (Fsp3) is 1.00. The second-order valence-corrected chi connectivity index (χ2v) is 3.73. The lowest BCUT2D eigenvalue weighted by atomic mass is 10.2. The quantitative estimate of drug-likeness (QED) is 0.645. The van der Waals surface area contributed by atoms with E-state index in [2.05, 4.69) is 4.90 Å². The molecule has 0 aromatic heterocycles. The van der Waals surface area contributed by atoms with E-state index in [4.69, 9.17) is 9.84 Å². The summed E-state index contributed by atoms with van der Waals surface area (Å²) >= 11 is 0. The third-order valence-electron chi connectivity index (χ3n) is 2.74. The van der Waals surface area contributed by atoms with Crippen LogP contribution in [0.3, 0.4) is 0 Å². The van der Waals surface area contributed by atoms with Crippen LogP contribution in [-0.2, 0) is 4.74 Å². The van der Waals surface area contributed by atoms with Gasteiger partial charge >= 0.3 is 0 Å². The summed E-state index contributed by atoms with van der Waals surface area (Å²) in [5, 5.41) is 8.91. The molecule has 12 heavy (non-hydrogen) atoms. The molecule has 2 fully saturated rings. The van der Waals surface area contributed by atoms with Gasteiger partial charge in [-0.05, 0) is 19.3 Å². The molecule has 1 heterocycles. The summed E-state index contributed by atoms with van der Waals surface area (Å²) < 4.78 is 5.47. The van der Waals surface area contributed by atoms with Crippen molar-refractivity contribution < 1.29 is 9.84 Å². The molecule has 0 bridgehead atoms. The van der Waals surface area contributed by atoms with Crippen molar-refractivity contribution in [3.8, 4) is 0 Å². The Bertz CT molecular complexity index is 147. The normalized spacial score (nSPS) is 33.2. The first-order valence-corrected chi connectivity index (χ1v) is 4.86. The number of hydrogen-bond donors (Lipinski definition) is 1. The maximum atomic E-state index is 8.91. The van der Waals surface area contributed by atoms with E-state index in [1.54, 1.807) is 0 Å². The molecule has 3 nitrogen and oxygen atoms in total. The van der Waals surface area contributed by atoms with E-state index in [0.717, 1.165) is 32.2 Å². The van der Waals surface area contributed by atoms with E-state index in [-0.39, 0.29) is 12.7 Å². The van der Waals surface area contributed by atoms with Gasteiger partial charge in [-0.15, -0.1) is 0 Å². The largest absolute Gasteiger partial charge is 0.394 e. The lowest BCUT2D eigenvalue weighted by Gasteiger charge is -2.17. The summed E-state index contributed by atoms with van der Waals surface area (Å²) in [6.45, 7) is 3.14. The van der Waals surface area contributed by atoms with Gasteiger partial charge in [0.05, 0.1) is 19.3 Å². The molecule has 0 radical (unpaired) electrons. The zero-order valence-electron chi connectivity index (χ0n) is 7.41. The van der Waals surface area contributed by atoms with Gasteiger partial charge < -0.3 is 9.84 Å². The standard InChI is InChI=1S/C9H17NO2/c11-7-9-3-4-10(5-6-12-9)8-1-2-8/h8-9,11H,1-7H2. The Morgan fingerprint density at radius 3 is 2.75 bits per heavy atom. The maximum absolute atomic E-state index is 8.91. The summed E-state index contributed by atoms with van der Waals surface area (Å²) in [6.07, 6.45) is 3.81. The average Bonchev–Trinajstić information content (AvgIpc) is 2.91. The first-order valence-electron chi connectivity index (χ1n) is 4.86. The van der Waals surface area contributed by atoms with Crippen LogP contribution in [0.4, 0.5) is 0 Å². The predicted molar refractivity (Wildman–Crippen MR) is 46.0 cm³/mol. The number of hydrogen-bond acceptors (Lipinski definition) is 3. The maximum Gasteiger partial charge on any atom is 0.0818 e. The number of rotatable bonds is 2. The number of ether oxygens (including phenoxy) is 1. The molecule has 70 valence electrons. The van der Waals surface area contributed by atoms with Crippen molar-refractivity contribution in [3.05, 3.63) is 0 Å². The molecule has 0 spiro atoms. The minimum atomic E-state index is 0.0914. The first-order chi connectivity index (χ1) is 5.90. The lowest BCUT2D eigenvalue weighted by Crippen LogP contribution is -2.28. The van der Waals surface area contributed by atoms with E-state index < -0.39 is 0 Å². The van der Waals surface area contributed by atoms with E-state index >= 15 is 0 Å². The zero-order valence-corrected chi connectivity index (χ0v) is 7.41. The minimum absolute atomic E-state index is 0.0914. The Balaban J connectivity index is 1.80. The second-order valence-electron chi connectivity index (χ2n) is 3.73. The summed E-state index contributed by atoms with van der Waals surface area (Å²) in [6, 6.07) is 0.839. The van der Waals surface area contributed by atoms with E-state index in [1.807, 2.05) is 0 Å². The molecule has 1 unspecified atom stereocenters. The summed E-state index contributed by atoms with van der Waals surface area (Å²) in [5.74, 6) is 0. The zero-order chi connectivity index (χ0) is 8.39. The van der Waals surface area contributed by atoms with Gasteiger partial charge in [0.15, 0.2) is 0 Å². The molecule has 0 amide bonds. The molecule has 2 rings (SSSR count).